The summed E-state index contributed by atoms with van der Waals surface area (Å²) in [5.41, 5.74) is 2.22. The number of anilines is 1. The number of para-hydroxylation sites is 1. The smallest absolute Gasteiger partial charge is 0.311 e. The van der Waals surface area contributed by atoms with Crippen LogP contribution in [0.25, 0.3) is 0 Å². The van der Waals surface area contributed by atoms with Gasteiger partial charge in [-0.3, -0.25) is 4.79 Å². The van der Waals surface area contributed by atoms with Crippen LogP contribution in [0.3, 0.4) is 0 Å². The van der Waals surface area contributed by atoms with Crippen molar-refractivity contribution in [2.24, 2.45) is 5.92 Å². The number of hydrogen-bond acceptors (Lipinski definition) is 3. The van der Waals surface area contributed by atoms with Crippen molar-refractivity contribution < 1.29 is 9.53 Å². The van der Waals surface area contributed by atoms with E-state index in [2.05, 4.69) is 17.0 Å². The number of nitrogens with zero attached hydrogens (tertiary/aromatic N) is 1. The molecule has 1 fully saturated rings. The first kappa shape index (κ1) is 14.6. The maximum absolute atomic E-state index is 12.3. The summed E-state index contributed by atoms with van der Waals surface area (Å²) in [6.07, 6.45) is 1.94. The maximum Gasteiger partial charge on any atom is 0.311 e. The number of carbonyl (C=O) groups is 1. The maximum atomic E-state index is 12.3. The van der Waals surface area contributed by atoms with Crippen LogP contribution in [0.2, 0.25) is 0 Å². The highest BCUT2D eigenvalue weighted by molar-refractivity contribution is 5.73. The van der Waals surface area contributed by atoms with Crippen molar-refractivity contribution in [2.75, 3.05) is 18.0 Å². The molecule has 0 radical (unpaired) electrons. The summed E-state index contributed by atoms with van der Waals surface area (Å²) >= 11 is 0. The van der Waals surface area contributed by atoms with Crippen LogP contribution in [0.5, 0.6) is 0 Å². The summed E-state index contributed by atoms with van der Waals surface area (Å²) in [7, 11) is 0. The predicted molar refractivity (Wildman–Crippen MR) is 87.6 cm³/mol. The molecule has 1 aliphatic rings. The van der Waals surface area contributed by atoms with Gasteiger partial charge in [-0.15, -0.1) is 0 Å². The van der Waals surface area contributed by atoms with E-state index in [1.807, 2.05) is 48.5 Å². The Morgan fingerprint density at radius 3 is 2.45 bits per heavy atom. The van der Waals surface area contributed by atoms with Crippen molar-refractivity contribution in [3.63, 3.8) is 0 Å². The highest BCUT2D eigenvalue weighted by atomic mass is 16.5. The molecule has 2 aromatic rings. The average molecular weight is 295 g/mol. The van der Waals surface area contributed by atoms with Crippen molar-refractivity contribution in [1.82, 2.24) is 0 Å². The second kappa shape index (κ2) is 7.12. The minimum Gasteiger partial charge on any atom is -0.461 e. The summed E-state index contributed by atoms with van der Waals surface area (Å²) in [6.45, 7) is 2.12. The molecule has 114 valence electrons. The van der Waals surface area contributed by atoms with Gasteiger partial charge in [0.05, 0.1) is 5.92 Å². The summed E-state index contributed by atoms with van der Waals surface area (Å²) < 4.78 is 5.49. The first-order valence-electron chi connectivity index (χ1n) is 7.83. The lowest BCUT2D eigenvalue weighted by Gasteiger charge is -2.33. The van der Waals surface area contributed by atoms with Gasteiger partial charge in [0.1, 0.15) is 6.61 Å². The Labute approximate surface area is 131 Å². The van der Waals surface area contributed by atoms with Gasteiger partial charge in [0.2, 0.25) is 0 Å². The van der Waals surface area contributed by atoms with Crippen LogP contribution in [0.4, 0.5) is 5.69 Å². The molecule has 1 atom stereocenters. The largest absolute Gasteiger partial charge is 0.461 e. The SMILES string of the molecule is O=C(OCc1ccccc1)C1CCCN(c2ccccc2)C1. The van der Waals surface area contributed by atoms with Gasteiger partial charge >= 0.3 is 5.97 Å². The highest BCUT2D eigenvalue weighted by Gasteiger charge is 2.27. The van der Waals surface area contributed by atoms with E-state index in [4.69, 9.17) is 4.74 Å². The normalized spacial score (nSPS) is 18.0. The van der Waals surface area contributed by atoms with Crippen LogP contribution in [0.15, 0.2) is 60.7 Å². The predicted octanol–water partition coefficient (Wildman–Crippen LogP) is 3.65. The quantitative estimate of drug-likeness (QED) is 0.806. The Hall–Kier alpha value is -2.29. The molecule has 3 heteroatoms. The van der Waals surface area contributed by atoms with Gasteiger partial charge in [-0.05, 0) is 30.5 Å². The molecule has 2 aromatic carbocycles. The molecule has 0 aromatic heterocycles. The second-order valence-corrected chi connectivity index (χ2v) is 5.71. The summed E-state index contributed by atoms with van der Waals surface area (Å²) in [5.74, 6) is -0.109. The third-order valence-electron chi connectivity index (χ3n) is 4.10. The topological polar surface area (TPSA) is 29.5 Å². The summed E-state index contributed by atoms with van der Waals surface area (Å²) in [6, 6.07) is 20.1. The van der Waals surface area contributed by atoms with Gasteiger partial charge < -0.3 is 9.64 Å². The van der Waals surface area contributed by atoms with Gasteiger partial charge in [0, 0.05) is 18.8 Å². The molecule has 3 nitrogen and oxygen atoms in total. The molecule has 0 saturated carbocycles. The molecule has 3 rings (SSSR count). The van der Waals surface area contributed by atoms with Crippen molar-refractivity contribution in [2.45, 2.75) is 19.4 Å². The van der Waals surface area contributed by atoms with Gasteiger partial charge in [-0.25, -0.2) is 0 Å². The molecule has 0 amide bonds. The molecule has 1 aliphatic heterocycles. The lowest BCUT2D eigenvalue weighted by molar-refractivity contribution is -0.150. The fraction of sp³-hybridized carbons (Fsp3) is 0.316. The van der Waals surface area contributed by atoms with Gasteiger partial charge in [0.15, 0.2) is 0 Å². The number of rotatable bonds is 4. The Balaban J connectivity index is 1.56. The van der Waals surface area contributed by atoms with Crippen LogP contribution >= 0.6 is 0 Å². The highest BCUT2D eigenvalue weighted by Crippen LogP contribution is 2.24. The standard InChI is InChI=1S/C19H21NO2/c21-19(22-15-16-8-3-1-4-9-16)17-10-7-13-20(14-17)18-11-5-2-6-12-18/h1-6,8-9,11-12,17H,7,10,13-15H2. The fourth-order valence-electron chi connectivity index (χ4n) is 2.89. The van der Waals surface area contributed by atoms with Crippen LogP contribution in [0.1, 0.15) is 18.4 Å². The number of benzene rings is 2. The van der Waals surface area contributed by atoms with Crippen LogP contribution in [-0.2, 0) is 16.1 Å². The number of ether oxygens (including phenoxy) is 1. The molecule has 1 heterocycles. The second-order valence-electron chi connectivity index (χ2n) is 5.71. The third kappa shape index (κ3) is 3.67. The average Bonchev–Trinajstić information content (AvgIpc) is 2.61. The molecule has 0 N–H and O–H groups in total. The monoisotopic (exact) mass is 295 g/mol. The summed E-state index contributed by atoms with van der Waals surface area (Å²) in [4.78, 5) is 14.6. The molecule has 0 spiro atoms. The zero-order valence-corrected chi connectivity index (χ0v) is 12.7. The zero-order chi connectivity index (χ0) is 15.2. The molecular weight excluding hydrogens is 274 g/mol. The van der Waals surface area contributed by atoms with Crippen LogP contribution < -0.4 is 4.90 Å². The molecule has 22 heavy (non-hydrogen) atoms. The van der Waals surface area contributed by atoms with E-state index < -0.39 is 0 Å². The molecular formula is C19H21NO2. The zero-order valence-electron chi connectivity index (χ0n) is 12.7. The third-order valence-corrected chi connectivity index (χ3v) is 4.10. The lowest BCUT2D eigenvalue weighted by atomic mass is 9.97. The minimum atomic E-state index is -0.0792. The Morgan fingerprint density at radius 1 is 1.05 bits per heavy atom. The van der Waals surface area contributed by atoms with E-state index in [1.54, 1.807) is 0 Å². The minimum absolute atomic E-state index is 0.0299. The Kier molecular flexibility index (Phi) is 4.74. The fourth-order valence-corrected chi connectivity index (χ4v) is 2.89. The molecule has 1 saturated heterocycles. The van der Waals surface area contributed by atoms with E-state index in [-0.39, 0.29) is 11.9 Å². The lowest BCUT2D eigenvalue weighted by Crippen LogP contribution is -2.39. The van der Waals surface area contributed by atoms with Gasteiger partial charge in [-0.1, -0.05) is 48.5 Å². The first-order chi connectivity index (χ1) is 10.8. The molecule has 0 bridgehead atoms. The van der Waals surface area contributed by atoms with Gasteiger partial charge in [-0.2, -0.15) is 0 Å². The number of piperidine rings is 1. The van der Waals surface area contributed by atoms with Gasteiger partial charge in [0.25, 0.3) is 0 Å². The number of esters is 1. The number of carbonyl (C=O) groups excluding carboxylic acids is 1. The Morgan fingerprint density at radius 2 is 1.73 bits per heavy atom. The number of hydrogen-bond donors (Lipinski definition) is 0. The van der Waals surface area contributed by atoms with Crippen molar-refractivity contribution >= 4 is 11.7 Å². The van der Waals surface area contributed by atoms with Crippen molar-refractivity contribution in [1.29, 1.82) is 0 Å². The van der Waals surface area contributed by atoms with Crippen LogP contribution in [-0.4, -0.2) is 19.1 Å². The van der Waals surface area contributed by atoms with Crippen molar-refractivity contribution in [3.8, 4) is 0 Å². The Bertz CT molecular complexity index is 597. The van der Waals surface area contributed by atoms with Crippen molar-refractivity contribution in [3.05, 3.63) is 66.2 Å². The van der Waals surface area contributed by atoms with E-state index in [0.29, 0.717) is 6.61 Å². The van der Waals surface area contributed by atoms with E-state index in [0.717, 1.165) is 31.5 Å². The van der Waals surface area contributed by atoms with E-state index in [9.17, 15) is 4.79 Å². The van der Waals surface area contributed by atoms with Crippen LogP contribution in [0, 0.1) is 5.92 Å². The molecule has 0 aliphatic carbocycles. The van der Waals surface area contributed by atoms with E-state index >= 15 is 0 Å². The first-order valence-corrected chi connectivity index (χ1v) is 7.83. The molecule has 1 unspecified atom stereocenters. The van der Waals surface area contributed by atoms with E-state index in [1.165, 1.54) is 5.69 Å². The summed E-state index contributed by atoms with van der Waals surface area (Å²) in [5, 5.41) is 0.